The first-order valence-corrected chi connectivity index (χ1v) is 13.5. The van der Waals surface area contributed by atoms with Crippen molar-refractivity contribution in [2.45, 2.75) is 118 Å². The summed E-state index contributed by atoms with van der Waals surface area (Å²) in [5.41, 5.74) is 2.53. The highest BCUT2D eigenvalue weighted by Gasteiger charge is 2.59. The topological polar surface area (TPSA) is 57.8 Å². The van der Waals surface area contributed by atoms with E-state index in [0.29, 0.717) is 10.8 Å². The summed E-state index contributed by atoms with van der Waals surface area (Å²) in [7, 11) is 0. The molecule has 0 aliphatic heterocycles. The number of rotatable bonds is 6. The Morgan fingerprint density at radius 1 is 1.06 bits per heavy atom. The van der Waals surface area contributed by atoms with Crippen LogP contribution < -0.4 is 0 Å². The van der Waals surface area contributed by atoms with Gasteiger partial charge in [-0.3, -0.25) is 4.79 Å². The lowest BCUT2D eigenvalue weighted by Gasteiger charge is -2.58. The fraction of sp³-hybridized carbons (Fsp3) is 0.897. The number of ether oxygens (including phenoxy) is 1. The fourth-order valence-corrected chi connectivity index (χ4v) is 8.99. The van der Waals surface area contributed by atoms with E-state index in [-0.39, 0.29) is 17.5 Å². The Balaban J connectivity index is 0.00000289. The van der Waals surface area contributed by atoms with Gasteiger partial charge in [-0.15, -0.1) is 0 Å². The second-order valence-corrected chi connectivity index (χ2v) is 12.8. The highest BCUT2D eigenvalue weighted by molar-refractivity contribution is 5.66. The summed E-state index contributed by atoms with van der Waals surface area (Å²) >= 11 is 0. The normalized spacial score (nSPS) is 41.6. The molecule has 8 atom stereocenters. The Morgan fingerprint density at radius 2 is 1.81 bits per heavy atom. The van der Waals surface area contributed by atoms with Gasteiger partial charge in [-0.05, 0) is 91.3 Å². The standard InChI is InChI=1S/C29H48O2.H2O/c1-19(2)8-7-9-20(3)25-12-13-26-24-11-10-22-18-23(31-21(4)30)14-16-28(22,5)27(24)15-17-29(25,26)6;/h10,19-20,23-27H,7-9,11-18H2,1-6H3;1H2. The predicted molar refractivity (Wildman–Crippen MR) is 132 cm³/mol. The zero-order valence-corrected chi connectivity index (χ0v) is 21.7. The van der Waals surface area contributed by atoms with Crippen LogP contribution in [0.1, 0.15) is 112 Å². The maximum absolute atomic E-state index is 11.5. The molecule has 4 aliphatic carbocycles. The molecule has 3 fully saturated rings. The van der Waals surface area contributed by atoms with Gasteiger partial charge in [0.15, 0.2) is 0 Å². The molecule has 4 rings (SSSR count). The number of carbonyl (C=O) groups excluding carboxylic acids is 1. The molecule has 3 nitrogen and oxygen atoms in total. The number of hydrogen-bond acceptors (Lipinski definition) is 2. The molecule has 184 valence electrons. The van der Waals surface area contributed by atoms with Gasteiger partial charge in [-0.2, -0.15) is 0 Å². The monoisotopic (exact) mass is 446 g/mol. The molecular weight excluding hydrogens is 396 g/mol. The van der Waals surface area contributed by atoms with Crippen LogP contribution in [0.2, 0.25) is 0 Å². The van der Waals surface area contributed by atoms with E-state index in [9.17, 15) is 4.79 Å². The molecule has 4 aliphatic rings. The van der Waals surface area contributed by atoms with Gasteiger partial charge < -0.3 is 10.2 Å². The summed E-state index contributed by atoms with van der Waals surface area (Å²) in [6.45, 7) is 14.1. The molecule has 0 aromatic rings. The molecule has 0 heterocycles. The third-order valence-electron chi connectivity index (χ3n) is 10.6. The first-order valence-electron chi connectivity index (χ1n) is 13.5. The largest absolute Gasteiger partial charge is 0.462 e. The smallest absolute Gasteiger partial charge is 0.302 e. The van der Waals surface area contributed by atoms with Crippen molar-refractivity contribution in [2.24, 2.45) is 46.3 Å². The summed E-state index contributed by atoms with van der Waals surface area (Å²) in [5, 5.41) is 0. The van der Waals surface area contributed by atoms with Crippen molar-refractivity contribution < 1.29 is 15.0 Å². The average Bonchev–Trinajstić information content (AvgIpc) is 3.05. The first kappa shape index (κ1) is 25.8. The lowest BCUT2D eigenvalue weighted by molar-refractivity contribution is -0.148. The first-order chi connectivity index (χ1) is 14.6. The van der Waals surface area contributed by atoms with E-state index in [1.54, 1.807) is 12.5 Å². The summed E-state index contributed by atoms with van der Waals surface area (Å²) in [6.07, 6.45) is 17.2. The molecule has 8 unspecified atom stereocenters. The van der Waals surface area contributed by atoms with E-state index in [1.165, 1.54) is 57.8 Å². The minimum absolute atomic E-state index is 0. The Morgan fingerprint density at radius 3 is 2.50 bits per heavy atom. The summed E-state index contributed by atoms with van der Waals surface area (Å²) in [6, 6.07) is 0. The number of fused-ring (bicyclic) bond motifs is 5. The van der Waals surface area contributed by atoms with Crippen molar-refractivity contribution in [2.75, 3.05) is 0 Å². The third-order valence-corrected chi connectivity index (χ3v) is 10.6. The van der Waals surface area contributed by atoms with Crippen LogP contribution in [0.25, 0.3) is 0 Å². The van der Waals surface area contributed by atoms with E-state index < -0.39 is 0 Å². The highest BCUT2D eigenvalue weighted by atomic mass is 16.5. The van der Waals surface area contributed by atoms with Gasteiger partial charge in [0, 0.05) is 13.3 Å². The Bertz CT molecular complexity index is 697. The maximum atomic E-state index is 11.5. The zero-order chi connectivity index (χ0) is 22.4. The number of hydrogen-bond donors (Lipinski definition) is 0. The third kappa shape index (κ3) is 4.57. The van der Waals surface area contributed by atoms with Crippen LogP contribution in [0.5, 0.6) is 0 Å². The molecule has 0 amide bonds. The van der Waals surface area contributed by atoms with Gasteiger partial charge in [0.2, 0.25) is 0 Å². The molecule has 0 aromatic heterocycles. The molecule has 0 aromatic carbocycles. The molecule has 3 heteroatoms. The zero-order valence-electron chi connectivity index (χ0n) is 21.7. The highest BCUT2D eigenvalue weighted by Crippen LogP contribution is 2.67. The van der Waals surface area contributed by atoms with Gasteiger partial charge in [-0.1, -0.05) is 65.5 Å². The lowest BCUT2D eigenvalue weighted by Crippen LogP contribution is -2.51. The summed E-state index contributed by atoms with van der Waals surface area (Å²) in [4.78, 5) is 11.5. The van der Waals surface area contributed by atoms with E-state index in [1.807, 2.05) is 0 Å². The second kappa shape index (κ2) is 9.80. The SMILES string of the molecule is CC(=O)OC1CCC2(C)C(=CCC3C2CCC2(C)C(C(C)CCCC(C)C)CCC32)C1.O. The van der Waals surface area contributed by atoms with Crippen LogP contribution in [0.15, 0.2) is 11.6 Å². The van der Waals surface area contributed by atoms with Crippen LogP contribution >= 0.6 is 0 Å². The molecule has 0 saturated heterocycles. The minimum atomic E-state index is -0.115. The Kier molecular flexibility index (Phi) is 7.90. The molecule has 32 heavy (non-hydrogen) atoms. The molecule has 0 radical (unpaired) electrons. The van der Waals surface area contributed by atoms with Gasteiger partial charge in [0.25, 0.3) is 0 Å². The molecule has 0 bridgehead atoms. The van der Waals surface area contributed by atoms with Crippen molar-refractivity contribution in [1.82, 2.24) is 0 Å². The van der Waals surface area contributed by atoms with E-state index in [0.717, 1.165) is 48.3 Å². The molecule has 3 saturated carbocycles. The second-order valence-electron chi connectivity index (χ2n) is 12.8. The quantitative estimate of drug-likeness (QED) is 0.322. The van der Waals surface area contributed by atoms with Gasteiger partial charge in [0.05, 0.1) is 0 Å². The van der Waals surface area contributed by atoms with E-state index >= 15 is 0 Å². The fourth-order valence-electron chi connectivity index (χ4n) is 8.99. The maximum Gasteiger partial charge on any atom is 0.302 e. The van der Waals surface area contributed by atoms with Crippen molar-refractivity contribution in [3.63, 3.8) is 0 Å². The average molecular weight is 447 g/mol. The van der Waals surface area contributed by atoms with Gasteiger partial charge >= 0.3 is 5.97 Å². The lowest BCUT2D eigenvalue weighted by atomic mass is 9.47. The van der Waals surface area contributed by atoms with Crippen LogP contribution in [0.4, 0.5) is 0 Å². The van der Waals surface area contributed by atoms with Crippen LogP contribution in [0, 0.1) is 46.3 Å². The number of carbonyl (C=O) groups is 1. The van der Waals surface area contributed by atoms with Crippen LogP contribution in [-0.4, -0.2) is 17.5 Å². The minimum Gasteiger partial charge on any atom is -0.462 e. The van der Waals surface area contributed by atoms with Crippen molar-refractivity contribution in [3.05, 3.63) is 11.6 Å². The number of allylic oxidation sites excluding steroid dienone is 1. The van der Waals surface area contributed by atoms with Crippen LogP contribution in [-0.2, 0) is 9.53 Å². The van der Waals surface area contributed by atoms with Crippen LogP contribution in [0.3, 0.4) is 0 Å². The number of esters is 1. The molecular formula is C29H50O3. The van der Waals surface area contributed by atoms with Crippen molar-refractivity contribution in [3.8, 4) is 0 Å². The summed E-state index contributed by atoms with van der Waals surface area (Å²) < 4.78 is 5.61. The predicted octanol–water partition coefficient (Wildman–Crippen LogP) is 7.13. The van der Waals surface area contributed by atoms with Gasteiger partial charge in [0.1, 0.15) is 6.10 Å². The molecule has 0 spiro atoms. The molecule has 2 N–H and O–H groups in total. The van der Waals surface area contributed by atoms with Crippen molar-refractivity contribution >= 4 is 5.97 Å². The van der Waals surface area contributed by atoms with E-state index in [4.69, 9.17) is 4.74 Å². The Labute approximate surface area is 197 Å². The summed E-state index contributed by atoms with van der Waals surface area (Å²) in [5.74, 6) is 5.19. The van der Waals surface area contributed by atoms with E-state index in [2.05, 4.69) is 40.7 Å². The van der Waals surface area contributed by atoms with Crippen molar-refractivity contribution in [1.29, 1.82) is 0 Å². The van der Waals surface area contributed by atoms with Gasteiger partial charge in [-0.25, -0.2) is 0 Å². The Hall–Kier alpha value is -0.830.